The Hall–Kier alpha value is -1.14. The Morgan fingerprint density at radius 2 is 2.18 bits per heavy atom. The lowest BCUT2D eigenvalue weighted by molar-refractivity contribution is 0.0803. The van der Waals surface area contributed by atoms with Crippen molar-refractivity contribution in [3.63, 3.8) is 0 Å². The molecule has 7 heteroatoms. The minimum Gasteiger partial charge on any atom is -0.341 e. The monoisotopic (exact) mass is 276 g/mol. The summed E-state index contributed by atoms with van der Waals surface area (Å²) in [7, 11) is -1.56. The summed E-state index contributed by atoms with van der Waals surface area (Å²) in [6, 6.07) is 3.15. The van der Waals surface area contributed by atoms with Gasteiger partial charge >= 0.3 is 0 Å². The van der Waals surface area contributed by atoms with Gasteiger partial charge in [-0.3, -0.25) is 4.79 Å². The number of halogens is 1. The molecule has 1 amide bonds. The Kier molecular flexibility index (Phi) is 4.47. The van der Waals surface area contributed by atoms with Crippen molar-refractivity contribution in [3.05, 3.63) is 29.0 Å². The molecule has 0 saturated heterocycles. The number of carbonyl (C=O) groups excluding carboxylic acids is 1. The molecule has 1 heterocycles. The molecule has 17 heavy (non-hydrogen) atoms. The largest absolute Gasteiger partial charge is 0.341 e. The maximum Gasteiger partial charge on any atom is 0.256 e. The number of rotatable bonds is 4. The molecule has 0 bridgehead atoms. The highest BCUT2D eigenvalue weighted by Gasteiger charge is 2.16. The summed E-state index contributed by atoms with van der Waals surface area (Å²) in [5, 5.41) is 0.115. The minimum absolute atomic E-state index is 0.0763. The molecule has 0 aliphatic rings. The van der Waals surface area contributed by atoms with Gasteiger partial charge in [0, 0.05) is 26.0 Å². The van der Waals surface area contributed by atoms with Crippen LogP contribution in [0.25, 0.3) is 0 Å². The standard InChI is InChI=1S/C10H13ClN2O3S/c1-13(6-7-17(2,15)16)10(14)8-4-3-5-12-9(8)11/h3-5H,6-7H2,1-2H3. The first-order chi connectivity index (χ1) is 7.81. The second-order valence-electron chi connectivity index (χ2n) is 3.70. The Morgan fingerprint density at radius 3 is 2.71 bits per heavy atom. The summed E-state index contributed by atoms with van der Waals surface area (Å²) in [5.41, 5.74) is 0.269. The lowest BCUT2D eigenvalue weighted by Gasteiger charge is -2.16. The second kappa shape index (κ2) is 5.46. The van der Waals surface area contributed by atoms with E-state index in [2.05, 4.69) is 4.98 Å². The summed E-state index contributed by atoms with van der Waals surface area (Å²) in [6.45, 7) is 0.128. The predicted molar refractivity (Wildman–Crippen MR) is 65.9 cm³/mol. The molecule has 1 aromatic rings. The normalized spacial score (nSPS) is 11.2. The first kappa shape index (κ1) is 13.9. The highest BCUT2D eigenvalue weighted by molar-refractivity contribution is 7.90. The molecule has 0 N–H and O–H groups in total. The van der Waals surface area contributed by atoms with E-state index in [0.29, 0.717) is 0 Å². The molecule has 0 atom stereocenters. The molecule has 0 fully saturated rings. The third-order valence-corrected chi connectivity index (χ3v) is 3.36. The van der Waals surface area contributed by atoms with Crippen LogP contribution in [-0.4, -0.2) is 49.8 Å². The van der Waals surface area contributed by atoms with E-state index in [9.17, 15) is 13.2 Å². The molecule has 0 spiro atoms. The second-order valence-corrected chi connectivity index (χ2v) is 6.32. The van der Waals surface area contributed by atoms with E-state index in [1.165, 1.54) is 18.1 Å². The van der Waals surface area contributed by atoms with Crippen molar-refractivity contribution in [1.82, 2.24) is 9.88 Å². The zero-order valence-electron chi connectivity index (χ0n) is 9.55. The molecular formula is C10H13ClN2O3S. The van der Waals surface area contributed by atoms with Crippen LogP contribution in [0.5, 0.6) is 0 Å². The average molecular weight is 277 g/mol. The zero-order chi connectivity index (χ0) is 13.1. The van der Waals surface area contributed by atoms with Gasteiger partial charge in [-0.25, -0.2) is 13.4 Å². The Balaban J connectivity index is 2.74. The maximum absolute atomic E-state index is 11.9. The lowest BCUT2D eigenvalue weighted by Crippen LogP contribution is -2.31. The summed E-state index contributed by atoms with van der Waals surface area (Å²) < 4.78 is 22.0. The molecule has 0 radical (unpaired) electrons. The summed E-state index contributed by atoms with van der Waals surface area (Å²) in [4.78, 5) is 17.0. The number of nitrogens with zero attached hydrogens (tertiary/aromatic N) is 2. The van der Waals surface area contributed by atoms with Crippen LogP contribution in [0, 0.1) is 0 Å². The summed E-state index contributed by atoms with van der Waals surface area (Å²) in [6.07, 6.45) is 2.61. The van der Waals surface area contributed by atoms with Crippen molar-refractivity contribution in [2.75, 3.05) is 25.6 Å². The number of hydrogen-bond donors (Lipinski definition) is 0. The van der Waals surface area contributed by atoms with Crippen molar-refractivity contribution in [2.45, 2.75) is 0 Å². The molecule has 94 valence electrons. The van der Waals surface area contributed by atoms with Gasteiger partial charge in [0.15, 0.2) is 0 Å². The molecule has 5 nitrogen and oxygen atoms in total. The van der Waals surface area contributed by atoms with Crippen LogP contribution in [0.1, 0.15) is 10.4 Å². The Bertz CT molecular complexity index is 516. The first-order valence-electron chi connectivity index (χ1n) is 4.85. The summed E-state index contributed by atoms with van der Waals surface area (Å²) >= 11 is 5.78. The van der Waals surface area contributed by atoms with Gasteiger partial charge in [-0.15, -0.1) is 0 Å². The van der Waals surface area contributed by atoms with Crippen LogP contribution in [0.15, 0.2) is 18.3 Å². The molecule has 1 aromatic heterocycles. The number of hydrogen-bond acceptors (Lipinski definition) is 4. The first-order valence-corrected chi connectivity index (χ1v) is 7.29. The van der Waals surface area contributed by atoms with Crippen LogP contribution in [0.2, 0.25) is 5.15 Å². The van der Waals surface area contributed by atoms with Crippen LogP contribution >= 0.6 is 11.6 Å². The number of aromatic nitrogens is 1. The van der Waals surface area contributed by atoms with Gasteiger partial charge in [0.1, 0.15) is 15.0 Å². The highest BCUT2D eigenvalue weighted by Crippen LogP contribution is 2.13. The fourth-order valence-corrected chi connectivity index (χ4v) is 1.96. The van der Waals surface area contributed by atoms with E-state index in [1.807, 2.05) is 0 Å². The van der Waals surface area contributed by atoms with E-state index in [4.69, 9.17) is 11.6 Å². The highest BCUT2D eigenvalue weighted by atomic mass is 35.5. The van der Waals surface area contributed by atoms with E-state index >= 15 is 0 Å². The third kappa shape index (κ3) is 4.32. The molecule has 1 rings (SSSR count). The SMILES string of the molecule is CN(CCS(C)(=O)=O)C(=O)c1cccnc1Cl. The van der Waals surface area contributed by atoms with Crippen molar-refractivity contribution >= 4 is 27.3 Å². The topological polar surface area (TPSA) is 67.3 Å². The summed E-state index contributed by atoms with van der Waals surface area (Å²) in [5.74, 6) is -0.417. The average Bonchev–Trinajstić information content (AvgIpc) is 2.24. The predicted octanol–water partition coefficient (Wildman–Crippen LogP) is 0.852. The fraction of sp³-hybridized carbons (Fsp3) is 0.400. The third-order valence-electron chi connectivity index (χ3n) is 2.13. The smallest absolute Gasteiger partial charge is 0.256 e. The van der Waals surface area contributed by atoms with Gasteiger partial charge in [0.05, 0.1) is 11.3 Å². The van der Waals surface area contributed by atoms with E-state index in [0.717, 1.165) is 6.26 Å². The number of pyridine rings is 1. The minimum atomic E-state index is -3.09. The molecule has 0 saturated carbocycles. The van der Waals surface area contributed by atoms with Crippen molar-refractivity contribution in [1.29, 1.82) is 0 Å². The zero-order valence-corrected chi connectivity index (χ0v) is 11.1. The van der Waals surface area contributed by atoms with Gasteiger partial charge in [-0.05, 0) is 12.1 Å². The quantitative estimate of drug-likeness (QED) is 0.765. The molecular weight excluding hydrogens is 264 g/mol. The number of amides is 1. The van der Waals surface area contributed by atoms with Gasteiger partial charge in [-0.2, -0.15) is 0 Å². The molecule has 0 aliphatic heterocycles. The van der Waals surface area contributed by atoms with Crippen LogP contribution < -0.4 is 0 Å². The van der Waals surface area contributed by atoms with Crippen LogP contribution in [-0.2, 0) is 9.84 Å². The van der Waals surface area contributed by atoms with Crippen molar-refractivity contribution in [3.8, 4) is 0 Å². The Morgan fingerprint density at radius 1 is 1.53 bits per heavy atom. The molecule has 0 unspecified atom stereocenters. The van der Waals surface area contributed by atoms with E-state index in [-0.39, 0.29) is 28.9 Å². The van der Waals surface area contributed by atoms with Gasteiger partial charge in [0.2, 0.25) is 0 Å². The molecule has 0 aliphatic carbocycles. The van der Waals surface area contributed by atoms with Crippen molar-refractivity contribution < 1.29 is 13.2 Å². The molecule has 0 aromatic carbocycles. The van der Waals surface area contributed by atoms with Gasteiger partial charge in [-0.1, -0.05) is 11.6 Å². The van der Waals surface area contributed by atoms with E-state index in [1.54, 1.807) is 12.1 Å². The fourth-order valence-electron chi connectivity index (χ4n) is 1.16. The van der Waals surface area contributed by atoms with Crippen LogP contribution in [0.4, 0.5) is 0 Å². The van der Waals surface area contributed by atoms with Gasteiger partial charge < -0.3 is 4.90 Å². The number of carbonyl (C=O) groups is 1. The van der Waals surface area contributed by atoms with Crippen LogP contribution in [0.3, 0.4) is 0 Å². The maximum atomic E-state index is 11.9. The van der Waals surface area contributed by atoms with E-state index < -0.39 is 9.84 Å². The number of sulfone groups is 1. The van der Waals surface area contributed by atoms with Gasteiger partial charge in [0.25, 0.3) is 5.91 Å². The lowest BCUT2D eigenvalue weighted by atomic mass is 10.2. The Labute approximate surface area is 105 Å². The van der Waals surface area contributed by atoms with Crippen molar-refractivity contribution in [2.24, 2.45) is 0 Å².